The molecule has 4 amide bonds. The van der Waals surface area contributed by atoms with E-state index in [1.54, 1.807) is 18.3 Å². The van der Waals surface area contributed by atoms with E-state index in [9.17, 15) is 14.4 Å². The number of hydrogen-bond acceptors (Lipinski definition) is 13. The summed E-state index contributed by atoms with van der Waals surface area (Å²) in [6.45, 7) is 13.0. The smallest absolute Gasteiger partial charge is 0.328 e. The topological polar surface area (TPSA) is 208 Å². The van der Waals surface area contributed by atoms with E-state index in [1.165, 1.54) is 0 Å². The third-order valence-corrected chi connectivity index (χ3v) is 11.6. The van der Waals surface area contributed by atoms with Crippen molar-refractivity contribution in [3.63, 3.8) is 0 Å². The number of nitrogens with one attached hydrogen (secondary N) is 5. The molecule has 0 unspecified atom stereocenters. The molecule has 63 heavy (non-hydrogen) atoms. The molecule has 0 bridgehead atoms. The summed E-state index contributed by atoms with van der Waals surface area (Å²) in [5.41, 5.74) is 7.57. The van der Waals surface area contributed by atoms with Gasteiger partial charge in [0.05, 0.1) is 18.3 Å². The van der Waals surface area contributed by atoms with Crippen LogP contribution < -0.4 is 31.1 Å². The van der Waals surface area contributed by atoms with Crippen LogP contribution >= 0.6 is 0 Å². The lowest BCUT2D eigenvalue weighted by atomic mass is 9.96. The van der Waals surface area contributed by atoms with Gasteiger partial charge in [0, 0.05) is 91.4 Å². The minimum Gasteiger partial charge on any atom is -0.380 e. The summed E-state index contributed by atoms with van der Waals surface area (Å²) >= 11 is 0. The first-order valence-electron chi connectivity index (χ1n) is 21.4. The van der Waals surface area contributed by atoms with Crippen LogP contribution in [0.2, 0.25) is 0 Å². The molecule has 2 saturated heterocycles. The third-order valence-electron chi connectivity index (χ3n) is 11.6. The molecule has 328 valence electrons. The molecule has 2 aliphatic heterocycles. The standard InChI is InChI=1S/C46H54N12O5/c1-28(52-42(60)43-55-44(56-63-43)46(2,3)4)35-12-6-30(22-32(35)26-62-5)40-36-23-37(53-41(36)51-27-50-40)31-7-13-38(49-25-31)48-18-17-47-24-29-14-19-57(20-15-29)33-8-10-34(11-9-33)58-21-16-39(59)54-45(58)61/h6-13,22-23,25,27-29,47H,14-21,24,26H2,1-5H3,(H,48,49)(H,52,60)(H,50,51,53)(H,54,59,61)/t28-/m1/s1. The van der Waals surface area contributed by atoms with E-state index in [0.717, 1.165) is 102 Å². The van der Waals surface area contributed by atoms with Gasteiger partial charge in [-0.2, -0.15) is 4.98 Å². The van der Waals surface area contributed by atoms with Gasteiger partial charge in [-0.05, 0) is 91.9 Å². The first-order valence-corrected chi connectivity index (χ1v) is 21.4. The van der Waals surface area contributed by atoms with E-state index in [1.807, 2.05) is 82.4 Å². The number of H-pyrrole nitrogens is 1. The van der Waals surface area contributed by atoms with Crippen LogP contribution in [0, 0.1) is 5.92 Å². The van der Waals surface area contributed by atoms with Crippen molar-refractivity contribution in [3.05, 3.63) is 96.0 Å². The maximum atomic E-state index is 13.0. The molecule has 6 aromatic rings. The van der Waals surface area contributed by atoms with Gasteiger partial charge in [0.15, 0.2) is 5.82 Å². The molecule has 8 rings (SSSR count). The lowest BCUT2D eigenvalue weighted by Gasteiger charge is -2.34. The van der Waals surface area contributed by atoms with Gasteiger partial charge < -0.3 is 35.1 Å². The number of rotatable bonds is 15. The van der Waals surface area contributed by atoms with E-state index < -0.39 is 5.91 Å². The number of aromatic amines is 1. The highest BCUT2D eigenvalue weighted by Crippen LogP contribution is 2.33. The molecule has 1 atom stereocenters. The Morgan fingerprint density at radius 3 is 2.44 bits per heavy atom. The van der Waals surface area contributed by atoms with Crippen molar-refractivity contribution in [1.82, 2.24) is 46.0 Å². The number of pyridine rings is 1. The second-order valence-electron chi connectivity index (χ2n) is 17.1. The predicted octanol–water partition coefficient (Wildman–Crippen LogP) is 6.37. The maximum Gasteiger partial charge on any atom is 0.328 e. The third kappa shape index (κ3) is 10.00. The summed E-state index contributed by atoms with van der Waals surface area (Å²) in [6.07, 6.45) is 5.92. The van der Waals surface area contributed by atoms with Gasteiger partial charge in [0.2, 0.25) is 5.91 Å². The second-order valence-corrected chi connectivity index (χ2v) is 17.1. The summed E-state index contributed by atoms with van der Waals surface area (Å²) in [7, 11) is 1.64. The van der Waals surface area contributed by atoms with Crippen LogP contribution in [0.5, 0.6) is 0 Å². The Hall–Kier alpha value is -6.72. The van der Waals surface area contributed by atoms with E-state index >= 15 is 0 Å². The van der Waals surface area contributed by atoms with Crippen molar-refractivity contribution in [3.8, 4) is 22.5 Å². The highest BCUT2D eigenvalue weighted by atomic mass is 16.5. The molecule has 2 fully saturated rings. The number of carbonyl (C=O) groups is 3. The number of piperidine rings is 1. The monoisotopic (exact) mass is 854 g/mol. The fourth-order valence-corrected chi connectivity index (χ4v) is 8.03. The Balaban J connectivity index is 0.816. The Morgan fingerprint density at radius 1 is 0.952 bits per heavy atom. The van der Waals surface area contributed by atoms with Crippen LogP contribution in [0.1, 0.15) is 80.6 Å². The molecule has 2 aliphatic rings. The molecule has 5 N–H and O–H groups in total. The number of imide groups is 1. The summed E-state index contributed by atoms with van der Waals surface area (Å²) < 4.78 is 10.8. The summed E-state index contributed by atoms with van der Waals surface area (Å²) in [6, 6.07) is 19.4. The van der Waals surface area contributed by atoms with Crippen LogP contribution in [-0.4, -0.2) is 94.3 Å². The normalized spacial score (nSPS) is 15.4. The van der Waals surface area contributed by atoms with Gasteiger partial charge in [0.25, 0.3) is 0 Å². The average molecular weight is 855 g/mol. The number of hydrogen-bond donors (Lipinski definition) is 5. The van der Waals surface area contributed by atoms with Crippen molar-refractivity contribution >= 4 is 46.1 Å². The molecule has 17 heteroatoms. The molecule has 2 aromatic carbocycles. The Labute approximate surface area is 365 Å². The Kier molecular flexibility index (Phi) is 12.8. The SMILES string of the molecule is COCc1cc(-c2ncnc3[nH]c(-c4ccc(NCCNCC5CCN(c6ccc(N7CCC(=O)NC7=O)cc6)CC5)nc4)cc23)ccc1[C@@H](C)NC(=O)c1nc(C(C)(C)C)no1. The number of amides is 4. The molecule has 0 aliphatic carbocycles. The number of methoxy groups -OCH3 is 1. The van der Waals surface area contributed by atoms with E-state index in [4.69, 9.17) is 9.26 Å². The first-order chi connectivity index (χ1) is 30.4. The van der Waals surface area contributed by atoms with E-state index in [0.29, 0.717) is 37.0 Å². The highest BCUT2D eigenvalue weighted by molar-refractivity contribution is 6.05. The van der Waals surface area contributed by atoms with Crippen molar-refractivity contribution in [2.75, 3.05) is 61.5 Å². The van der Waals surface area contributed by atoms with E-state index in [2.05, 4.69) is 68.4 Å². The Bertz CT molecular complexity index is 2560. The molecule has 17 nitrogen and oxygen atoms in total. The highest BCUT2D eigenvalue weighted by Gasteiger charge is 2.27. The number of ether oxygens (including phenoxy) is 1. The number of benzene rings is 2. The van der Waals surface area contributed by atoms with Gasteiger partial charge in [-0.15, -0.1) is 0 Å². The molecular weight excluding hydrogens is 801 g/mol. The van der Waals surface area contributed by atoms with Gasteiger partial charge in [0.1, 0.15) is 17.8 Å². The number of carbonyl (C=O) groups excluding carboxylic acids is 3. The van der Waals surface area contributed by atoms with Gasteiger partial charge in [-0.1, -0.05) is 38.1 Å². The van der Waals surface area contributed by atoms with Gasteiger partial charge in [-0.25, -0.2) is 19.7 Å². The van der Waals surface area contributed by atoms with Crippen molar-refractivity contribution < 1.29 is 23.6 Å². The average Bonchev–Trinajstić information content (AvgIpc) is 3.97. The first kappa shape index (κ1) is 42.9. The Morgan fingerprint density at radius 2 is 1.73 bits per heavy atom. The molecule has 0 saturated carbocycles. The maximum absolute atomic E-state index is 13.0. The summed E-state index contributed by atoms with van der Waals surface area (Å²) in [4.78, 5) is 62.4. The fourth-order valence-electron chi connectivity index (χ4n) is 8.03. The number of aromatic nitrogens is 6. The lowest BCUT2D eigenvalue weighted by Crippen LogP contribution is -2.49. The van der Waals surface area contributed by atoms with Crippen LogP contribution in [0.3, 0.4) is 0 Å². The quantitative estimate of drug-likeness (QED) is 0.0713. The zero-order chi connectivity index (χ0) is 44.1. The minimum absolute atomic E-state index is 0.0764. The van der Waals surface area contributed by atoms with Crippen LogP contribution in [0.4, 0.5) is 22.0 Å². The largest absolute Gasteiger partial charge is 0.380 e. The molecule has 0 spiro atoms. The number of urea groups is 1. The second kappa shape index (κ2) is 18.7. The fraction of sp³-hybridized carbons (Fsp3) is 0.391. The summed E-state index contributed by atoms with van der Waals surface area (Å²) in [5.74, 6) is 1.13. The molecule has 6 heterocycles. The number of anilines is 3. The summed E-state index contributed by atoms with van der Waals surface area (Å²) in [5, 5.41) is 17.3. The predicted molar refractivity (Wildman–Crippen MR) is 240 cm³/mol. The van der Waals surface area contributed by atoms with Crippen molar-refractivity contribution in [2.24, 2.45) is 5.92 Å². The minimum atomic E-state index is -0.444. The van der Waals surface area contributed by atoms with Crippen molar-refractivity contribution in [2.45, 2.75) is 65.0 Å². The van der Waals surface area contributed by atoms with Crippen LogP contribution in [0.25, 0.3) is 33.5 Å². The molecule has 4 aromatic heterocycles. The van der Waals surface area contributed by atoms with Crippen LogP contribution in [-0.2, 0) is 21.6 Å². The molecular formula is C46H54N12O5. The zero-order valence-electron chi connectivity index (χ0n) is 36.3. The zero-order valence-corrected chi connectivity index (χ0v) is 36.3. The van der Waals surface area contributed by atoms with Gasteiger partial charge >= 0.3 is 17.8 Å². The van der Waals surface area contributed by atoms with E-state index in [-0.39, 0.29) is 29.3 Å². The lowest BCUT2D eigenvalue weighted by molar-refractivity contribution is -0.120. The van der Waals surface area contributed by atoms with Gasteiger partial charge in [-0.3, -0.25) is 19.8 Å². The molecule has 0 radical (unpaired) electrons. The van der Waals surface area contributed by atoms with Crippen LogP contribution in [0.15, 0.2) is 77.7 Å². The number of nitrogens with zero attached hydrogens (tertiary/aromatic N) is 7. The number of fused-ring (bicyclic) bond motifs is 1. The van der Waals surface area contributed by atoms with Crippen molar-refractivity contribution in [1.29, 1.82) is 0 Å².